The van der Waals surface area contributed by atoms with Crippen molar-refractivity contribution in [2.24, 2.45) is 5.92 Å². The van der Waals surface area contributed by atoms with E-state index >= 15 is 0 Å². The molecule has 1 aliphatic heterocycles. The molecule has 0 radical (unpaired) electrons. The summed E-state index contributed by atoms with van der Waals surface area (Å²) in [6.45, 7) is 7.56. The topological polar surface area (TPSA) is 85.6 Å². The van der Waals surface area contributed by atoms with Gasteiger partial charge in [-0.15, -0.1) is 0 Å². The predicted molar refractivity (Wildman–Crippen MR) is 79.6 cm³/mol. The second kappa shape index (κ2) is 8.20. The number of likely N-dealkylation sites (tertiary alicyclic amines) is 1. The summed E-state index contributed by atoms with van der Waals surface area (Å²) >= 11 is 0. The Morgan fingerprint density at radius 1 is 1.48 bits per heavy atom. The highest BCUT2D eigenvalue weighted by Crippen LogP contribution is 2.21. The van der Waals surface area contributed by atoms with Gasteiger partial charge < -0.3 is 15.2 Å². The molecule has 0 aromatic carbocycles. The quantitative estimate of drug-likeness (QED) is 0.751. The van der Waals surface area contributed by atoms with Crippen molar-refractivity contribution < 1.29 is 14.6 Å². The van der Waals surface area contributed by atoms with Gasteiger partial charge in [0, 0.05) is 25.7 Å². The fourth-order valence-electron chi connectivity index (χ4n) is 2.70. The number of rotatable bonds is 5. The van der Waals surface area contributed by atoms with Crippen LogP contribution in [-0.4, -0.2) is 54.0 Å². The Morgan fingerprint density at radius 3 is 2.76 bits per heavy atom. The van der Waals surface area contributed by atoms with Crippen molar-refractivity contribution in [1.29, 1.82) is 5.26 Å². The molecule has 6 heteroatoms. The van der Waals surface area contributed by atoms with Crippen LogP contribution >= 0.6 is 0 Å². The molecule has 1 heterocycles. The summed E-state index contributed by atoms with van der Waals surface area (Å²) in [7, 11) is 0. The lowest BCUT2D eigenvalue weighted by molar-refractivity contribution is 0.0450. The van der Waals surface area contributed by atoms with Crippen LogP contribution < -0.4 is 5.32 Å². The van der Waals surface area contributed by atoms with Gasteiger partial charge in [0.15, 0.2) is 0 Å². The zero-order chi connectivity index (χ0) is 15.9. The number of hydrogen-bond acceptors (Lipinski definition) is 5. The lowest BCUT2D eigenvalue weighted by Crippen LogP contribution is -2.51. The van der Waals surface area contributed by atoms with Crippen LogP contribution in [0.5, 0.6) is 0 Å². The Hall–Kier alpha value is -1.32. The number of amides is 1. The highest BCUT2D eigenvalue weighted by Gasteiger charge is 2.29. The van der Waals surface area contributed by atoms with Crippen molar-refractivity contribution in [1.82, 2.24) is 10.2 Å². The standard InChI is InChI=1S/C15H27N3O3/c1-15(2,3)21-14(20)17-13-9-12(5-4-8-19)10-18(11-13)7-6-16/h12-13,19H,4-5,7-11H2,1-3H3,(H,17,20). The number of piperidine rings is 1. The van der Waals surface area contributed by atoms with E-state index in [0.717, 1.165) is 25.8 Å². The molecule has 120 valence electrons. The number of nitrogens with zero attached hydrogens (tertiary/aromatic N) is 2. The second-order valence-electron chi connectivity index (χ2n) is 6.66. The van der Waals surface area contributed by atoms with Gasteiger partial charge in [-0.05, 0) is 46.0 Å². The number of carbonyl (C=O) groups is 1. The molecule has 6 nitrogen and oxygen atoms in total. The van der Waals surface area contributed by atoms with E-state index in [1.165, 1.54) is 0 Å². The fraction of sp³-hybridized carbons (Fsp3) is 0.867. The maximum Gasteiger partial charge on any atom is 0.407 e. The summed E-state index contributed by atoms with van der Waals surface area (Å²) in [5.74, 6) is 0.388. The minimum absolute atomic E-state index is 0.00866. The average molecular weight is 297 g/mol. The van der Waals surface area contributed by atoms with Crippen molar-refractivity contribution in [3.63, 3.8) is 0 Å². The van der Waals surface area contributed by atoms with Gasteiger partial charge in [-0.3, -0.25) is 4.90 Å². The van der Waals surface area contributed by atoms with Crippen LogP contribution in [0, 0.1) is 17.2 Å². The zero-order valence-corrected chi connectivity index (χ0v) is 13.3. The van der Waals surface area contributed by atoms with Crippen LogP contribution in [-0.2, 0) is 4.74 Å². The SMILES string of the molecule is CC(C)(C)OC(=O)NC1CC(CCCO)CN(CC#N)C1. The van der Waals surface area contributed by atoms with Gasteiger partial charge in [0.2, 0.25) is 0 Å². The number of alkyl carbamates (subject to hydrolysis) is 1. The summed E-state index contributed by atoms with van der Waals surface area (Å²) in [6, 6.07) is 2.15. The number of ether oxygens (including phenoxy) is 1. The van der Waals surface area contributed by atoms with Gasteiger partial charge in [-0.25, -0.2) is 4.79 Å². The van der Waals surface area contributed by atoms with Gasteiger partial charge in [0.05, 0.1) is 12.6 Å². The van der Waals surface area contributed by atoms with Crippen molar-refractivity contribution in [3.8, 4) is 6.07 Å². The number of aliphatic hydroxyl groups is 1. The normalized spacial score (nSPS) is 23.4. The Kier molecular flexibility index (Phi) is 6.93. The van der Waals surface area contributed by atoms with Gasteiger partial charge in [-0.1, -0.05) is 0 Å². The molecule has 2 unspecified atom stereocenters. The smallest absolute Gasteiger partial charge is 0.407 e. The van der Waals surface area contributed by atoms with E-state index < -0.39 is 11.7 Å². The van der Waals surface area contributed by atoms with Crippen LogP contribution in [0.2, 0.25) is 0 Å². The lowest BCUT2D eigenvalue weighted by atomic mass is 9.90. The molecule has 1 fully saturated rings. The lowest BCUT2D eigenvalue weighted by Gasteiger charge is -2.37. The molecule has 0 aliphatic carbocycles. The number of hydrogen-bond donors (Lipinski definition) is 2. The molecule has 0 aromatic rings. The maximum absolute atomic E-state index is 11.9. The number of nitrogens with one attached hydrogen (secondary N) is 1. The molecular weight excluding hydrogens is 270 g/mol. The molecule has 2 atom stereocenters. The maximum atomic E-state index is 11.9. The summed E-state index contributed by atoms with van der Waals surface area (Å²) in [4.78, 5) is 13.9. The summed E-state index contributed by atoms with van der Waals surface area (Å²) in [5, 5.41) is 20.7. The summed E-state index contributed by atoms with van der Waals surface area (Å²) < 4.78 is 5.28. The van der Waals surface area contributed by atoms with Crippen LogP contribution in [0.25, 0.3) is 0 Å². The monoisotopic (exact) mass is 297 g/mol. The van der Waals surface area contributed by atoms with Gasteiger partial charge >= 0.3 is 6.09 Å². The first-order chi connectivity index (χ1) is 9.84. The molecule has 21 heavy (non-hydrogen) atoms. The average Bonchev–Trinajstić information content (AvgIpc) is 2.34. The Labute approximate surface area is 127 Å². The van der Waals surface area contributed by atoms with Gasteiger partial charge in [-0.2, -0.15) is 5.26 Å². The molecule has 0 aromatic heterocycles. The van der Waals surface area contributed by atoms with Crippen molar-refractivity contribution >= 4 is 6.09 Å². The number of carbonyl (C=O) groups excluding carboxylic acids is 1. The first-order valence-electron chi connectivity index (χ1n) is 7.53. The van der Waals surface area contributed by atoms with Crippen LogP contribution in [0.4, 0.5) is 4.79 Å². The minimum Gasteiger partial charge on any atom is -0.444 e. The third-order valence-corrected chi connectivity index (χ3v) is 3.40. The molecule has 0 spiro atoms. The first-order valence-corrected chi connectivity index (χ1v) is 7.53. The first kappa shape index (κ1) is 17.7. The van der Waals surface area contributed by atoms with Crippen LogP contribution in [0.15, 0.2) is 0 Å². The Morgan fingerprint density at radius 2 is 2.19 bits per heavy atom. The van der Waals surface area contributed by atoms with E-state index in [1.54, 1.807) is 0 Å². The van der Waals surface area contributed by atoms with E-state index in [4.69, 9.17) is 15.1 Å². The summed E-state index contributed by atoms with van der Waals surface area (Å²) in [5.41, 5.74) is -0.513. The van der Waals surface area contributed by atoms with Crippen LogP contribution in [0.3, 0.4) is 0 Å². The van der Waals surface area contributed by atoms with E-state index in [9.17, 15) is 4.79 Å². The highest BCUT2D eigenvalue weighted by molar-refractivity contribution is 5.68. The Balaban J connectivity index is 2.54. The second-order valence-corrected chi connectivity index (χ2v) is 6.66. The molecule has 1 amide bonds. The molecule has 1 saturated heterocycles. The summed E-state index contributed by atoms with van der Waals surface area (Å²) in [6.07, 6.45) is 2.11. The van der Waals surface area contributed by atoms with E-state index in [-0.39, 0.29) is 12.6 Å². The van der Waals surface area contributed by atoms with E-state index in [2.05, 4.69) is 11.4 Å². The van der Waals surface area contributed by atoms with E-state index in [0.29, 0.717) is 19.0 Å². The van der Waals surface area contributed by atoms with Gasteiger partial charge in [0.25, 0.3) is 0 Å². The molecule has 2 N–H and O–H groups in total. The molecule has 0 saturated carbocycles. The minimum atomic E-state index is -0.513. The molecule has 1 rings (SSSR count). The molecule has 0 bridgehead atoms. The number of aliphatic hydroxyl groups excluding tert-OH is 1. The molecular formula is C15H27N3O3. The zero-order valence-electron chi connectivity index (χ0n) is 13.3. The Bertz CT molecular complexity index is 373. The predicted octanol–water partition coefficient (Wildman–Crippen LogP) is 1.50. The third-order valence-electron chi connectivity index (χ3n) is 3.40. The van der Waals surface area contributed by atoms with Crippen molar-refractivity contribution in [2.75, 3.05) is 26.2 Å². The van der Waals surface area contributed by atoms with Crippen LogP contribution in [0.1, 0.15) is 40.0 Å². The largest absolute Gasteiger partial charge is 0.444 e. The highest BCUT2D eigenvalue weighted by atomic mass is 16.6. The van der Waals surface area contributed by atoms with E-state index in [1.807, 2.05) is 25.7 Å². The number of nitriles is 1. The van der Waals surface area contributed by atoms with Crippen molar-refractivity contribution in [2.45, 2.75) is 51.7 Å². The van der Waals surface area contributed by atoms with Crippen molar-refractivity contribution in [3.05, 3.63) is 0 Å². The van der Waals surface area contributed by atoms with Gasteiger partial charge in [0.1, 0.15) is 5.60 Å². The third kappa shape index (κ3) is 7.30. The fourth-order valence-corrected chi connectivity index (χ4v) is 2.70. The molecule has 1 aliphatic rings.